The molecule has 11 heteroatoms. The van der Waals surface area contributed by atoms with E-state index in [2.05, 4.69) is 15.0 Å². The molecule has 1 N–H and O–H groups in total. The number of hydrogen-bond donors (Lipinski definition) is 1. The number of carboxylic acids is 1. The minimum Gasteiger partial charge on any atom is -0.475 e. The largest absolute Gasteiger partial charge is 0.490 e. The van der Waals surface area contributed by atoms with Crippen molar-refractivity contribution in [3.63, 3.8) is 0 Å². The van der Waals surface area contributed by atoms with Gasteiger partial charge >= 0.3 is 12.1 Å². The average Bonchev–Trinajstić information content (AvgIpc) is 3.32. The van der Waals surface area contributed by atoms with Crippen LogP contribution >= 0.6 is 0 Å². The number of likely N-dealkylation sites (tertiary alicyclic amines) is 1. The van der Waals surface area contributed by atoms with Crippen LogP contribution in [0.4, 0.5) is 18.9 Å². The smallest absolute Gasteiger partial charge is 0.475 e. The SMILES string of the molecule is Cn1cc(N2C(=O)CC3C2CCN3Cc2ccccn2)cn1.O=C(O)C(F)(F)F. The minimum absolute atomic E-state index is 0.203. The van der Waals surface area contributed by atoms with Crippen molar-refractivity contribution in [2.45, 2.75) is 37.6 Å². The molecule has 2 aromatic heterocycles. The van der Waals surface area contributed by atoms with Crippen molar-refractivity contribution < 1.29 is 27.9 Å². The van der Waals surface area contributed by atoms with Crippen LogP contribution < -0.4 is 4.90 Å². The zero-order valence-electron chi connectivity index (χ0n) is 15.6. The number of fused-ring (bicyclic) bond motifs is 1. The van der Waals surface area contributed by atoms with E-state index in [1.54, 1.807) is 10.9 Å². The van der Waals surface area contributed by atoms with E-state index < -0.39 is 12.1 Å². The van der Waals surface area contributed by atoms with Crippen LogP contribution in [0.25, 0.3) is 0 Å². The zero-order chi connectivity index (χ0) is 21.2. The molecule has 4 rings (SSSR count). The van der Waals surface area contributed by atoms with Crippen LogP contribution in [-0.4, -0.2) is 61.5 Å². The molecule has 8 nitrogen and oxygen atoms in total. The van der Waals surface area contributed by atoms with Gasteiger partial charge < -0.3 is 10.0 Å². The Bertz CT molecular complexity index is 871. The Labute approximate surface area is 164 Å². The van der Waals surface area contributed by atoms with E-state index in [-0.39, 0.29) is 18.0 Å². The summed E-state index contributed by atoms with van der Waals surface area (Å²) < 4.78 is 33.5. The third-order valence-electron chi connectivity index (χ3n) is 4.91. The summed E-state index contributed by atoms with van der Waals surface area (Å²) >= 11 is 0. The molecule has 0 spiro atoms. The monoisotopic (exact) mass is 411 g/mol. The fourth-order valence-electron chi connectivity index (χ4n) is 3.69. The fourth-order valence-corrected chi connectivity index (χ4v) is 3.69. The summed E-state index contributed by atoms with van der Waals surface area (Å²) in [6, 6.07) is 6.54. The number of aromatic nitrogens is 3. The molecule has 29 heavy (non-hydrogen) atoms. The number of alkyl halides is 3. The van der Waals surface area contributed by atoms with Gasteiger partial charge in [-0.25, -0.2) is 4.79 Å². The lowest BCUT2D eigenvalue weighted by molar-refractivity contribution is -0.192. The molecule has 0 saturated carbocycles. The molecule has 2 atom stereocenters. The predicted octanol–water partition coefficient (Wildman–Crippen LogP) is 1.83. The standard InChI is InChI=1S/C16H19N5O.C2HF3O2/c1-19-11-13(9-18-19)21-14-5-7-20(15(14)8-16(21)22)10-12-4-2-3-6-17-12;3-2(4,5)1(6)7/h2-4,6,9,11,14-15H,5,7-8,10H2,1H3;(H,6,7). The highest BCUT2D eigenvalue weighted by molar-refractivity contribution is 5.97. The van der Waals surface area contributed by atoms with E-state index in [0.717, 1.165) is 30.9 Å². The van der Waals surface area contributed by atoms with Gasteiger partial charge in [-0.15, -0.1) is 0 Å². The molecule has 1 amide bonds. The summed E-state index contributed by atoms with van der Waals surface area (Å²) in [6.45, 7) is 1.83. The van der Waals surface area contributed by atoms with Crippen LogP contribution in [0.1, 0.15) is 18.5 Å². The van der Waals surface area contributed by atoms with Gasteiger partial charge in [-0.3, -0.25) is 19.4 Å². The topological polar surface area (TPSA) is 91.6 Å². The number of aliphatic carboxylic acids is 1. The van der Waals surface area contributed by atoms with E-state index in [9.17, 15) is 18.0 Å². The number of amides is 1. The fraction of sp³-hybridized carbons (Fsp3) is 0.444. The van der Waals surface area contributed by atoms with E-state index in [1.807, 2.05) is 42.5 Å². The molecule has 2 unspecified atom stereocenters. The first kappa shape index (κ1) is 20.8. The van der Waals surface area contributed by atoms with Gasteiger partial charge in [-0.05, 0) is 18.6 Å². The first-order valence-electron chi connectivity index (χ1n) is 8.91. The van der Waals surface area contributed by atoms with Gasteiger partial charge in [0.1, 0.15) is 0 Å². The van der Waals surface area contributed by atoms with Gasteiger partial charge in [0.2, 0.25) is 5.91 Å². The summed E-state index contributed by atoms with van der Waals surface area (Å²) in [5, 5.41) is 11.3. The lowest BCUT2D eigenvalue weighted by atomic mass is 10.1. The lowest BCUT2D eigenvalue weighted by Crippen LogP contribution is -2.37. The van der Waals surface area contributed by atoms with E-state index in [0.29, 0.717) is 6.42 Å². The molecule has 4 heterocycles. The summed E-state index contributed by atoms with van der Waals surface area (Å²) in [5.74, 6) is -2.55. The molecular weight excluding hydrogens is 391 g/mol. The van der Waals surface area contributed by atoms with Gasteiger partial charge in [0, 0.05) is 45.0 Å². The number of carbonyl (C=O) groups is 2. The second-order valence-electron chi connectivity index (χ2n) is 6.86. The van der Waals surface area contributed by atoms with Gasteiger partial charge in [-0.1, -0.05) is 6.07 Å². The molecule has 0 aromatic carbocycles. The first-order valence-corrected chi connectivity index (χ1v) is 8.91. The Morgan fingerprint density at radius 2 is 2.03 bits per heavy atom. The quantitative estimate of drug-likeness (QED) is 0.829. The second kappa shape index (κ2) is 8.19. The van der Waals surface area contributed by atoms with Gasteiger partial charge in [-0.2, -0.15) is 18.3 Å². The Balaban J connectivity index is 0.000000298. The van der Waals surface area contributed by atoms with Crippen LogP contribution in [0.5, 0.6) is 0 Å². The maximum atomic E-state index is 12.4. The Morgan fingerprint density at radius 1 is 1.31 bits per heavy atom. The van der Waals surface area contributed by atoms with E-state index >= 15 is 0 Å². The summed E-state index contributed by atoms with van der Waals surface area (Å²) in [7, 11) is 1.88. The van der Waals surface area contributed by atoms with Gasteiger partial charge in [0.25, 0.3) is 0 Å². The van der Waals surface area contributed by atoms with Crippen LogP contribution in [0.3, 0.4) is 0 Å². The number of anilines is 1. The third-order valence-corrected chi connectivity index (χ3v) is 4.91. The van der Waals surface area contributed by atoms with Crippen LogP contribution in [0.15, 0.2) is 36.8 Å². The van der Waals surface area contributed by atoms with Crippen LogP contribution in [0, 0.1) is 0 Å². The maximum Gasteiger partial charge on any atom is 0.490 e. The zero-order valence-corrected chi connectivity index (χ0v) is 15.6. The molecule has 2 aliphatic heterocycles. The summed E-state index contributed by atoms with van der Waals surface area (Å²) in [5.41, 5.74) is 1.98. The van der Waals surface area contributed by atoms with Crippen molar-refractivity contribution in [1.82, 2.24) is 19.7 Å². The normalized spacial score (nSPS) is 21.7. The van der Waals surface area contributed by atoms with E-state index in [1.165, 1.54) is 0 Å². The second-order valence-corrected chi connectivity index (χ2v) is 6.86. The number of halogens is 3. The highest BCUT2D eigenvalue weighted by Crippen LogP contribution is 2.36. The number of rotatable bonds is 3. The number of nitrogens with zero attached hydrogens (tertiary/aromatic N) is 5. The number of carboxylic acid groups (broad SMARTS) is 1. The van der Waals surface area contributed by atoms with Crippen molar-refractivity contribution >= 4 is 17.6 Å². The number of pyridine rings is 1. The number of aryl methyl sites for hydroxylation is 1. The number of hydrogen-bond acceptors (Lipinski definition) is 5. The Morgan fingerprint density at radius 3 is 2.59 bits per heavy atom. The third kappa shape index (κ3) is 4.73. The predicted molar refractivity (Wildman–Crippen MR) is 95.8 cm³/mol. The Hall–Kier alpha value is -2.95. The maximum absolute atomic E-state index is 12.4. The summed E-state index contributed by atoms with van der Waals surface area (Å²) in [4.78, 5) is 30.1. The molecule has 2 aliphatic rings. The molecule has 2 fully saturated rings. The molecular formula is C18H20F3N5O3. The molecule has 2 aromatic rings. The van der Waals surface area contributed by atoms with Crippen LogP contribution in [-0.2, 0) is 23.2 Å². The van der Waals surface area contributed by atoms with Crippen molar-refractivity contribution in [2.75, 3.05) is 11.4 Å². The van der Waals surface area contributed by atoms with Crippen molar-refractivity contribution in [3.8, 4) is 0 Å². The van der Waals surface area contributed by atoms with Crippen LogP contribution in [0.2, 0.25) is 0 Å². The Kier molecular flexibility index (Phi) is 5.87. The number of carbonyl (C=O) groups excluding carboxylic acids is 1. The highest BCUT2D eigenvalue weighted by Gasteiger charge is 2.47. The van der Waals surface area contributed by atoms with Crippen molar-refractivity contribution in [3.05, 3.63) is 42.5 Å². The molecule has 0 bridgehead atoms. The minimum atomic E-state index is -5.08. The summed E-state index contributed by atoms with van der Waals surface area (Å²) in [6.07, 6.45) is 2.04. The molecule has 0 radical (unpaired) electrons. The average molecular weight is 411 g/mol. The van der Waals surface area contributed by atoms with E-state index in [4.69, 9.17) is 9.90 Å². The first-order chi connectivity index (χ1) is 13.7. The van der Waals surface area contributed by atoms with Gasteiger partial charge in [0.15, 0.2) is 0 Å². The van der Waals surface area contributed by atoms with Gasteiger partial charge in [0.05, 0.1) is 23.6 Å². The highest BCUT2D eigenvalue weighted by atomic mass is 19.4. The van der Waals surface area contributed by atoms with Crippen molar-refractivity contribution in [2.24, 2.45) is 7.05 Å². The molecule has 156 valence electrons. The molecule has 0 aliphatic carbocycles. The van der Waals surface area contributed by atoms with Crippen molar-refractivity contribution in [1.29, 1.82) is 0 Å². The lowest BCUT2D eigenvalue weighted by Gasteiger charge is -2.24. The molecule has 2 saturated heterocycles.